The maximum absolute atomic E-state index is 13.6. The molecular formula is C30H35N3O9S. The minimum Gasteiger partial charge on any atom is -0.493 e. The van der Waals surface area contributed by atoms with Crippen molar-refractivity contribution in [3.63, 3.8) is 0 Å². The highest BCUT2D eigenvalue weighted by molar-refractivity contribution is 7.92. The standard InChI is InChI=1S/C30H35N3O9S/c1-6-12-40-20-14-21(41-13-8-7-11-34)16-22(15-20)42-28-19-26-25(32(2)30(35)33(26)3)18-24(28)31-43(36,37)23-9-10-27(38-4)29(17-23)39-5/h9-11,14-19,31H,6-8,12-13H2,1-5H3. The van der Waals surface area contributed by atoms with Gasteiger partial charge in [-0.2, -0.15) is 0 Å². The summed E-state index contributed by atoms with van der Waals surface area (Å²) in [5, 5.41) is 0. The van der Waals surface area contributed by atoms with E-state index in [-0.39, 0.29) is 27.8 Å². The molecule has 0 atom stereocenters. The van der Waals surface area contributed by atoms with Crippen LogP contribution in [0.3, 0.4) is 0 Å². The Labute approximate surface area is 249 Å². The Kier molecular flexibility index (Phi) is 9.86. The van der Waals surface area contributed by atoms with Crippen LogP contribution in [0.25, 0.3) is 11.0 Å². The highest BCUT2D eigenvalue weighted by atomic mass is 32.2. The molecule has 0 saturated carbocycles. The van der Waals surface area contributed by atoms with Gasteiger partial charge in [-0.15, -0.1) is 0 Å². The van der Waals surface area contributed by atoms with E-state index < -0.39 is 10.0 Å². The van der Waals surface area contributed by atoms with Crippen LogP contribution >= 0.6 is 0 Å². The molecule has 12 nitrogen and oxygen atoms in total. The molecule has 0 unspecified atom stereocenters. The van der Waals surface area contributed by atoms with Crippen molar-refractivity contribution in [2.45, 2.75) is 31.1 Å². The van der Waals surface area contributed by atoms with E-state index in [9.17, 15) is 18.0 Å². The van der Waals surface area contributed by atoms with E-state index in [2.05, 4.69) is 4.72 Å². The number of imidazole rings is 1. The van der Waals surface area contributed by atoms with Crippen LogP contribution in [0.1, 0.15) is 26.2 Å². The number of unbranched alkanes of at least 4 members (excludes halogenated alkanes) is 1. The fourth-order valence-corrected chi connectivity index (χ4v) is 5.43. The molecule has 0 fully saturated rings. The van der Waals surface area contributed by atoms with Crippen LogP contribution in [0.15, 0.2) is 58.2 Å². The first-order valence-corrected chi connectivity index (χ1v) is 15.1. The summed E-state index contributed by atoms with van der Waals surface area (Å²) >= 11 is 0. The monoisotopic (exact) mass is 613 g/mol. The number of sulfonamides is 1. The summed E-state index contributed by atoms with van der Waals surface area (Å²) in [6.45, 7) is 2.75. The number of anilines is 1. The van der Waals surface area contributed by atoms with Gasteiger partial charge in [0.15, 0.2) is 17.2 Å². The van der Waals surface area contributed by atoms with E-state index in [1.165, 1.54) is 41.6 Å². The molecule has 0 saturated heterocycles. The molecule has 0 aliphatic rings. The number of benzene rings is 3. The van der Waals surface area contributed by atoms with Gasteiger partial charge in [0.05, 0.1) is 49.0 Å². The predicted molar refractivity (Wildman–Crippen MR) is 162 cm³/mol. The van der Waals surface area contributed by atoms with Crippen molar-refractivity contribution in [2.75, 3.05) is 32.2 Å². The molecule has 0 aliphatic heterocycles. The maximum atomic E-state index is 13.6. The fourth-order valence-electron chi connectivity index (χ4n) is 4.35. The average Bonchev–Trinajstić information content (AvgIpc) is 3.20. The summed E-state index contributed by atoms with van der Waals surface area (Å²) < 4.78 is 61.0. The third-order valence-electron chi connectivity index (χ3n) is 6.57. The second-order valence-electron chi connectivity index (χ2n) is 9.61. The van der Waals surface area contributed by atoms with Crippen LogP contribution in [0, 0.1) is 0 Å². The number of hydrogen-bond donors (Lipinski definition) is 1. The van der Waals surface area contributed by atoms with Crippen molar-refractivity contribution < 1.29 is 36.9 Å². The van der Waals surface area contributed by atoms with Gasteiger partial charge in [0.1, 0.15) is 23.5 Å². The van der Waals surface area contributed by atoms with Crippen LogP contribution in [0.4, 0.5) is 5.69 Å². The Balaban J connectivity index is 1.79. The SMILES string of the molecule is CCCOc1cc(OCCCC=O)cc(Oc2cc3c(cc2NS(=O)(=O)c2ccc(OC)c(OC)c2)n(C)c(=O)n3C)c1. The lowest BCUT2D eigenvalue weighted by Crippen LogP contribution is -2.19. The van der Waals surface area contributed by atoms with E-state index in [4.69, 9.17) is 23.7 Å². The molecule has 43 heavy (non-hydrogen) atoms. The Bertz CT molecular complexity index is 1780. The molecule has 0 aliphatic carbocycles. The summed E-state index contributed by atoms with van der Waals surface area (Å²) in [5.41, 5.74) is 0.822. The lowest BCUT2D eigenvalue weighted by molar-refractivity contribution is -0.108. The van der Waals surface area contributed by atoms with Crippen LogP contribution < -0.4 is 34.1 Å². The van der Waals surface area contributed by atoms with Gasteiger partial charge < -0.3 is 28.5 Å². The number of nitrogens with one attached hydrogen (secondary N) is 1. The Morgan fingerprint density at radius 3 is 2.07 bits per heavy atom. The minimum atomic E-state index is -4.15. The van der Waals surface area contributed by atoms with E-state index in [0.29, 0.717) is 60.1 Å². The average molecular weight is 614 g/mol. The van der Waals surface area contributed by atoms with E-state index in [0.717, 1.165) is 12.7 Å². The number of carbonyl (C=O) groups is 1. The summed E-state index contributed by atoms with van der Waals surface area (Å²) in [7, 11) is 1.93. The maximum Gasteiger partial charge on any atom is 0.328 e. The Hall–Kier alpha value is -4.65. The molecule has 0 amide bonds. The normalized spacial score (nSPS) is 11.3. The molecule has 1 N–H and O–H groups in total. The Morgan fingerprint density at radius 1 is 0.814 bits per heavy atom. The molecule has 0 bridgehead atoms. The number of methoxy groups -OCH3 is 2. The van der Waals surface area contributed by atoms with Gasteiger partial charge in [-0.1, -0.05) is 6.92 Å². The first-order valence-electron chi connectivity index (χ1n) is 13.6. The molecule has 4 rings (SSSR count). The Morgan fingerprint density at radius 2 is 1.44 bits per heavy atom. The molecule has 0 spiro atoms. The molecular weight excluding hydrogens is 578 g/mol. The van der Waals surface area contributed by atoms with E-state index >= 15 is 0 Å². The van der Waals surface area contributed by atoms with Crippen LogP contribution in [0.5, 0.6) is 34.5 Å². The number of fused-ring (bicyclic) bond motifs is 1. The zero-order valence-electron chi connectivity index (χ0n) is 24.7. The largest absolute Gasteiger partial charge is 0.493 e. The molecule has 230 valence electrons. The van der Waals surface area contributed by atoms with Crippen LogP contribution in [0.2, 0.25) is 0 Å². The molecule has 1 aromatic heterocycles. The van der Waals surface area contributed by atoms with Gasteiger partial charge in [-0.25, -0.2) is 13.2 Å². The summed E-state index contributed by atoms with van der Waals surface area (Å²) in [6.07, 6.45) is 2.52. The molecule has 0 radical (unpaired) electrons. The lowest BCUT2D eigenvalue weighted by Gasteiger charge is -2.17. The molecule has 3 aromatic carbocycles. The van der Waals surface area contributed by atoms with Crippen LogP contribution in [-0.4, -0.2) is 51.3 Å². The molecule has 4 aromatic rings. The number of aromatic nitrogens is 2. The van der Waals surface area contributed by atoms with Crippen molar-refractivity contribution in [3.05, 3.63) is 59.0 Å². The smallest absolute Gasteiger partial charge is 0.328 e. The van der Waals surface area contributed by atoms with Gasteiger partial charge >= 0.3 is 5.69 Å². The number of nitrogens with zero attached hydrogens (tertiary/aromatic N) is 2. The number of hydrogen-bond acceptors (Lipinski definition) is 9. The minimum absolute atomic E-state index is 0.0703. The van der Waals surface area contributed by atoms with Gasteiger partial charge in [0, 0.05) is 50.8 Å². The van der Waals surface area contributed by atoms with Gasteiger partial charge in [0.2, 0.25) is 0 Å². The number of aryl methyl sites for hydroxylation is 2. The van der Waals surface area contributed by atoms with E-state index in [1.807, 2.05) is 6.92 Å². The first kappa shape index (κ1) is 31.3. The van der Waals surface area contributed by atoms with Crippen molar-refractivity contribution >= 4 is 33.0 Å². The fraction of sp³-hybridized carbons (Fsp3) is 0.333. The zero-order chi connectivity index (χ0) is 31.1. The van der Waals surface area contributed by atoms with Crippen molar-refractivity contribution in [1.82, 2.24) is 9.13 Å². The topological polar surface area (TPSA) is 136 Å². The first-order chi connectivity index (χ1) is 20.6. The summed E-state index contributed by atoms with van der Waals surface area (Å²) in [5.74, 6) is 2.01. The number of aldehydes is 1. The molecule has 1 heterocycles. The second-order valence-corrected chi connectivity index (χ2v) is 11.3. The van der Waals surface area contributed by atoms with Crippen molar-refractivity contribution in [2.24, 2.45) is 14.1 Å². The van der Waals surface area contributed by atoms with E-state index in [1.54, 1.807) is 44.4 Å². The summed E-state index contributed by atoms with van der Waals surface area (Å²) in [6, 6.07) is 12.4. The molecule has 13 heteroatoms. The third kappa shape index (κ3) is 7.05. The lowest BCUT2D eigenvalue weighted by atomic mass is 10.2. The van der Waals surface area contributed by atoms with Gasteiger partial charge in [0.25, 0.3) is 10.0 Å². The van der Waals surface area contributed by atoms with Crippen molar-refractivity contribution in [1.29, 1.82) is 0 Å². The third-order valence-corrected chi connectivity index (χ3v) is 7.94. The highest BCUT2D eigenvalue weighted by Crippen LogP contribution is 2.38. The van der Waals surface area contributed by atoms with Gasteiger partial charge in [-0.3, -0.25) is 13.9 Å². The summed E-state index contributed by atoms with van der Waals surface area (Å²) in [4.78, 5) is 23.3. The quantitative estimate of drug-likeness (QED) is 0.150. The zero-order valence-corrected chi connectivity index (χ0v) is 25.5. The number of rotatable bonds is 15. The second kappa shape index (κ2) is 13.6. The highest BCUT2D eigenvalue weighted by Gasteiger charge is 2.22. The van der Waals surface area contributed by atoms with Crippen molar-refractivity contribution in [3.8, 4) is 34.5 Å². The number of ether oxygens (including phenoxy) is 5. The predicted octanol–water partition coefficient (Wildman–Crippen LogP) is 4.63. The number of carbonyl (C=O) groups excluding carboxylic acids is 1. The van der Waals surface area contributed by atoms with Gasteiger partial charge in [-0.05, 0) is 31.0 Å². The van der Waals surface area contributed by atoms with Crippen LogP contribution in [-0.2, 0) is 28.9 Å².